The zero-order valence-corrected chi connectivity index (χ0v) is 31.4. The molecule has 261 valence electrons. The number of imidazole rings is 1. The Kier molecular flexibility index (Phi) is 9.91. The molecule has 1 N–H and O–H groups in total. The Balaban J connectivity index is 1.12. The van der Waals surface area contributed by atoms with Crippen molar-refractivity contribution in [1.82, 2.24) is 9.55 Å². The van der Waals surface area contributed by atoms with Crippen LogP contribution in [-0.4, -0.2) is 43.3 Å². The number of likely N-dealkylation sites (N-methyl/N-ethyl adjacent to an activating group) is 1. The fraction of sp³-hybridized carbons (Fsp3) is 0.214. The highest BCUT2D eigenvalue weighted by Crippen LogP contribution is 2.41. The van der Waals surface area contributed by atoms with Gasteiger partial charge >= 0.3 is 9.04 Å². The van der Waals surface area contributed by atoms with Crippen molar-refractivity contribution in [3.05, 3.63) is 138 Å². The van der Waals surface area contributed by atoms with E-state index in [9.17, 15) is 14.4 Å². The van der Waals surface area contributed by atoms with E-state index in [2.05, 4.69) is 72.0 Å². The molecule has 7 rings (SSSR count). The van der Waals surface area contributed by atoms with E-state index in [0.717, 1.165) is 43.4 Å². The predicted octanol–water partition coefficient (Wildman–Crippen LogP) is 7.69. The van der Waals surface area contributed by atoms with Crippen LogP contribution in [0.25, 0.3) is 10.8 Å². The van der Waals surface area contributed by atoms with Gasteiger partial charge in [-0.2, -0.15) is 5.26 Å². The summed E-state index contributed by atoms with van der Waals surface area (Å²) in [5.74, 6) is 1.49. The number of benzene rings is 5. The van der Waals surface area contributed by atoms with Gasteiger partial charge in [-0.25, -0.2) is 9.37 Å². The van der Waals surface area contributed by atoms with Gasteiger partial charge in [-0.3, -0.25) is 9.36 Å². The zero-order chi connectivity index (χ0) is 36.4. The number of nitrogens with zero attached hydrogens (tertiary/aromatic N) is 4. The quantitative estimate of drug-likeness (QED) is 0.146. The number of amides is 1. The molecule has 0 saturated carbocycles. The van der Waals surface area contributed by atoms with Crippen molar-refractivity contribution >= 4 is 59.4 Å². The number of halogens is 1. The summed E-state index contributed by atoms with van der Waals surface area (Å²) in [7, 11) is -1.63. The Morgan fingerprint density at radius 2 is 1.79 bits per heavy atom. The first-order valence-electron chi connectivity index (χ1n) is 17.3. The van der Waals surface area contributed by atoms with Crippen LogP contribution in [0.1, 0.15) is 50.4 Å². The first-order chi connectivity index (χ1) is 25.1. The van der Waals surface area contributed by atoms with E-state index in [1.165, 1.54) is 17.7 Å². The molecule has 1 aliphatic rings. The zero-order valence-electron chi connectivity index (χ0n) is 29.6. The van der Waals surface area contributed by atoms with Crippen molar-refractivity contribution < 1.29 is 13.6 Å². The fourth-order valence-electron chi connectivity index (χ4n) is 6.53. The number of carbonyl (C=O) groups is 1. The molecule has 6 aromatic rings. The molecular formula is C42H39FN5O2SSi. The number of carbonyl (C=O) groups excluding carboxylic acids is 1. The molecule has 1 radical (unpaired) electrons. The summed E-state index contributed by atoms with van der Waals surface area (Å²) in [6, 6.07) is 37.5. The summed E-state index contributed by atoms with van der Waals surface area (Å²) in [5.41, 5.74) is 2.81. The van der Waals surface area contributed by atoms with Crippen LogP contribution in [0.5, 0.6) is 5.75 Å². The Morgan fingerprint density at radius 1 is 1.02 bits per heavy atom. The molecule has 52 heavy (non-hydrogen) atoms. The molecule has 0 aliphatic carbocycles. The molecule has 1 amide bonds. The lowest BCUT2D eigenvalue weighted by Crippen LogP contribution is -2.47. The molecule has 5 aromatic carbocycles. The van der Waals surface area contributed by atoms with Crippen LogP contribution >= 0.6 is 11.8 Å². The number of anilines is 2. The van der Waals surface area contributed by atoms with E-state index >= 15 is 0 Å². The van der Waals surface area contributed by atoms with Crippen molar-refractivity contribution in [1.29, 1.82) is 5.26 Å². The average Bonchev–Trinajstić information content (AvgIpc) is 3.76. The van der Waals surface area contributed by atoms with Crippen molar-refractivity contribution in [3.63, 3.8) is 0 Å². The summed E-state index contributed by atoms with van der Waals surface area (Å²) in [4.78, 5) is 20.3. The van der Waals surface area contributed by atoms with E-state index in [4.69, 9.17) is 4.43 Å². The predicted molar refractivity (Wildman–Crippen MR) is 210 cm³/mol. The van der Waals surface area contributed by atoms with Gasteiger partial charge in [-0.15, -0.1) is 0 Å². The minimum atomic E-state index is -1.63. The van der Waals surface area contributed by atoms with Crippen LogP contribution in [0.15, 0.2) is 121 Å². The Morgan fingerprint density at radius 3 is 2.50 bits per heavy atom. The number of aromatic nitrogens is 2. The number of nitriles is 1. The molecular weight excluding hydrogens is 686 g/mol. The maximum atomic E-state index is 14.6. The molecule has 0 spiro atoms. The van der Waals surface area contributed by atoms with Crippen LogP contribution in [0, 0.1) is 17.1 Å². The van der Waals surface area contributed by atoms with Crippen LogP contribution in [-0.2, 0) is 10.2 Å². The minimum absolute atomic E-state index is 0.0166. The van der Waals surface area contributed by atoms with Gasteiger partial charge in [-0.05, 0) is 69.6 Å². The molecule has 0 fully saturated rings. The first-order valence-corrected chi connectivity index (χ1v) is 19.7. The molecule has 7 nitrogen and oxygen atoms in total. The van der Waals surface area contributed by atoms with Gasteiger partial charge < -0.3 is 14.6 Å². The monoisotopic (exact) mass is 724 g/mol. The van der Waals surface area contributed by atoms with E-state index in [1.54, 1.807) is 24.0 Å². The Hall–Kier alpha value is -5.37. The third kappa shape index (κ3) is 7.20. The van der Waals surface area contributed by atoms with Gasteiger partial charge in [-0.1, -0.05) is 111 Å². The van der Waals surface area contributed by atoms with Crippen LogP contribution in [0.4, 0.5) is 15.9 Å². The van der Waals surface area contributed by atoms with Gasteiger partial charge in [0.05, 0.1) is 24.3 Å². The van der Waals surface area contributed by atoms with Crippen molar-refractivity contribution in [3.8, 4) is 11.8 Å². The SMILES string of the molecule is CCN(CC(=O)Nc1cccc2ccc(O[Si](c3ccccc3)c3ccc(C(C)(C)C)cc3)cc12)c1cnc2n1C(c1ccc(C#N)c(F)c1)CS2. The lowest BCUT2D eigenvalue weighted by Gasteiger charge is -2.26. The van der Waals surface area contributed by atoms with Gasteiger partial charge in [0.25, 0.3) is 0 Å². The molecule has 1 aromatic heterocycles. The lowest BCUT2D eigenvalue weighted by molar-refractivity contribution is -0.115. The first kappa shape index (κ1) is 35.0. The lowest BCUT2D eigenvalue weighted by atomic mass is 9.87. The van der Waals surface area contributed by atoms with Crippen LogP contribution in [0.3, 0.4) is 0 Å². The highest BCUT2D eigenvalue weighted by molar-refractivity contribution is 7.99. The Labute approximate surface area is 309 Å². The number of thioether (sulfide) groups is 1. The van der Waals surface area contributed by atoms with Crippen LogP contribution in [0.2, 0.25) is 0 Å². The van der Waals surface area contributed by atoms with Gasteiger partial charge in [0.15, 0.2) is 5.16 Å². The molecule has 1 atom stereocenters. The second kappa shape index (κ2) is 14.7. The number of hydrogen-bond donors (Lipinski definition) is 1. The summed E-state index contributed by atoms with van der Waals surface area (Å²) in [5, 5.41) is 17.4. The van der Waals surface area contributed by atoms with Crippen molar-refractivity contribution in [2.45, 2.75) is 44.3 Å². The maximum Gasteiger partial charge on any atom is 0.352 e. The van der Waals surface area contributed by atoms with Crippen molar-refractivity contribution in [2.75, 3.05) is 29.1 Å². The molecule has 0 bridgehead atoms. The largest absolute Gasteiger partial charge is 0.533 e. The fourth-order valence-corrected chi connectivity index (χ4v) is 9.56. The van der Waals surface area contributed by atoms with Gasteiger partial charge in [0, 0.05) is 23.4 Å². The van der Waals surface area contributed by atoms with E-state index in [-0.39, 0.29) is 29.5 Å². The number of hydrogen-bond acceptors (Lipinski definition) is 6. The smallest absolute Gasteiger partial charge is 0.352 e. The average molecular weight is 725 g/mol. The normalized spacial score (nSPS) is 13.9. The van der Waals surface area contributed by atoms with E-state index < -0.39 is 14.9 Å². The summed E-state index contributed by atoms with van der Waals surface area (Å²) < 4.78 is 23.5. The summed E-state index contributed by atoms with van der Waals surface area (Å²) >= 11 is 1.59. The second-order valence-electron chi connectivity index (χ2n) is 13.8. The number of fused-ring (bicyclic) bond motifs is 2. The van der Waals surface area contributed by atoms with E-state index in [0.29, 0.717) is 18.0 Å². The van der Waals surface area contributed by atoms with E-state index in [1.807, 2.05) is 72.5 Å². The topological polar surface area (TPSA) is 83.2 Å². The molecule has 1 unspecified atom stereocenters. The standard InChI is InChI=1S/C42H39FN5O2SSi/c1-5-47(40-25-45-41-48(40)38(27-51-41)29-14-15-30(24-44)36(43)22-29)26-39(49)46-37-13-9-10-28-16-19-32(23-35(28)37)50-52(33-11-7-6-8-12-33)34-20-17-31(18-21-34)42(2,3)4/h6-23,25,38H,5,26-27H2,1-4H3,(H,46,49). The maximum absolute atomic E-state index is 14.6. The van der Waals surface area contributed by atoms with Crippen LogP contribution < -0.4 is 25.0 Å². The highest BCUT2D eigenvalue weighted by Gasteiger charge is 2.31. The third-order valence-electron chi connectivity index (χ3n) is 9.36. The molecule has 1 aliphatic heterocycles. The van der Waals surface area contributed by atoms with Crippen molar-refractivity contribution in [2.24, 2.45) is 0 Å². The van der Waals surface area contributed by atoms with Gasteiger partial charge in [0.1, 0.15) is 23.5 Å². The highest BCUT2D eigenvalue weighted by atomic mass is 32.2. The summed E-state index contributed by atoms with van der Waals surface area (Å²) in [6.07, 6.45) is 1.77. The van der Waals surface area contributed by atoms with Gasteiger partial charge in [0.2, 0.25) is 5.91 Å². The molecule has 10 heteroatoms. The number of rotatable bonds is 10. The second-order valence-corrected chi connectivity index (χ2v) is 16.8. The summed E-state index contributed by atoms with van der Waals surface area (Å²) in [6.45, 7) is 9.30. The minimum Gasteiger partial charge on any atom is -0.533 e. The number of nitrogens with one attached hydrogen (secondary N) is 1. The third-order valence-corrected chi connectivity index (χ3v) is 12.6. The molecule has 2 heterocycles. The molecule has 0 saturated heterocycles. The Bertz CT molecular complexity index is 2280.